The third-order valence-electron chi connectivity index (χ3n) is 3.10. The summed E-state index contributed by atoms with van der Waals surface area (Å²) in [6.07, 6.45) is 3.29. The molecule has 0 saturated heterocycles. The predicted molar refractivity (Wildman–Crippen MR) is 82.0 cm³/mol. The Morgan fingerprint density at radius 1 is 1.33 bits per heavy atom. The first-order valence-electron chi connectivity index (χ1n) is 6.71. The first kappa shape index (κ1) is 15.7. The fourth-order valence-corrected chi connectivity index (χ4v) is 3.51. The molecular weight excluding hydrogens is 288 g/mol. The van der Waals surface area contributed by atoms with Crippen molar-refractivity contribution >= 4 is 10.0 Å². The highest BCUT2D eigenvalue weighted by Crippen LogP contribution is 2.14. The van der Waals surface area contributed by atoms with Crippen molar-refractivity contribution in [3.63, 3.8) is 0 Å². The zero-order valence-electron chi connectivity index (χ0n) is 12.1. The summed E-state index contributed by atoms with van der Waals surface area (Å²) in [6, 6.07) is 7.25. The van der Waals surface area contributed by atoms with E-state index < -0.39 is 10.0 Å². The lowest BCUT2D eigenvalue weighted by Crippen LogP contribution is -2.28. The maximum atomic E-state index is 12.2. The molecule has 21 heavy (non-hydrogen) atoms. The van der Waals surface area contributed by atoms with Gasteiger partial charge in [-0.3, -0.25) is 5.10 Å². The smallest absolute Gasteiger partial charge is 0.216 e. The van der Waals surface area contributed by atoms with E-state index in [1.165, 1.54) is 0 Å². The van der Waals surface area contributed by atoms with Gasteiger partial charge in [-0.05, 0) is 25.1 Å². The summed E-state index contributed by atoms with van der Waals surface area (Å²) in [5.41, 5.74) is 2.64. The number of rotatable bonds is 7. The van der Waals surface area contributed by atoms with E-state index in [-0.39, 0.29) is 11.8 Å². The summed E-state index contributed by atoms with van der Waals surface area (Å²) in [5.74, 6) is -0.0350. The van der Waals surface area contributed by atoms with Gasteiger partial charge in [0.2, 0.25) is 10.0 Å². The largest absolute Gasteiger partial charge is 0.316 e. The van der Waals surface area contributed by atoms with Crippen molar-refractivity contribution in [2.75, 3.05) is 7.05 Å². The molecule has 0 radical (unpaired) electrons. The highest BCUT2D eigenvalue weighted by Gasteiger charge is 2.17. The van der Waals surface area contributed by atoms with Crippen LogP contribution in [0.1, 0.15) is 29.7 Å². The minimum absolute atomic E-state index is 0.0350. The number of H-pyrrole nitrogens is 1. The number of hydrogen-bond donors (Lipinski definition) is 3. The van der Waals surface area contributed by atoms with Gasteiger partial charge in [-0.15, -0.1) is 0 Å². The Bertz CT molecular complexity index is 668. The minimum Gasteiger partial charge on any atom is -0.316 e. The highest BCUT2D eigenvalue weighted by molar-refractivity contribution is 7.88. The number of benzene rings is 1. The van der Waals surface area contributed by atoms with Crippen molar-refractivity contribution in [3.8, 4) is 0 Å². The molecule has 1 aromatic carbocycles. The molecule has 0 aliphatic heterocycles. The van der Waals surface area contributed by atoms with E-state index >= 15 is 0 Å². The molecule has 2 aromatic rings. The standard InChI is InChI=1S/C14H20N4O2S/c1-11(14-8-16-17-9-14)18-21(19,20)10-13-5-3-4-12(6-13)7-15-2/h3-6,8-9,11,15,18H,7,10H2,1-2H3,(H,16,17). The van der Waals surface area contributed by atoms with Gasteiger partial charge in [0.25, 0.3) is 0 Å². The monoisotopic (exact) mass is 308 g/mol. The third kappa shape index (κ3) is 4.66. The number of nitrogens with one attached hydrogen (secondary N) is 3. The molecule has 0 fully saturated rings. The van der Waals surface area contributed by atoms with E-state index in [0.29, 0.717) is 6.54 Å². The Morgan fingerprint density at radius 2 is 2.10 bits per heavy atom. The van der Waals surface area contributed by atoms with E-state index in [2.05, 4.69) is 20.2 Å². The van der Waals surface area contributed by atoms with Crippen molar-refractivity contribution in [1.29, 1.82) is 0 Å². The van der Waals surface area contributed by atoms with Gasteiger partial charge in [-0.2, -0.15) is 5.10 Å². The normalized spacial score (nSPS) is 13.2. The van der Waals surface area contributed by atoms with Crippen molar-refractivity contribution in [1.82, 2.24) is 20.2 Å². The van der Waals surface area contributed by atoms with E-state index in [9.17, 15) is 8.42 Å². The molecule has 0 aliphatic carbocycles. The van der Waals surface area contributed by atoms with Gasteiger partial charge in [0.15, 0.2) is 0 Å². The van der Waals surface area contributed by atoms with Crippen LogP contribution in [0.4, 0.5) is 0 Å². The second-order valence-corrected chi connectivity index (χ2v) is 6.73. The molecule has 7 heteroatoms. The van der Waals surface area contributed by atoms with E-state index in [1.54, 1.807) is 19.3 Å². The predicted octanol–water partition coefficient (Wildman–Crippen LogP) is 1.31. The van der Waals surface area contributed by atoms with Crippen LogP contribution in [0, 0.1) is 0 Å². The fourth-order valence-electron chi connectivity index (χ4n) is 2.13. The molecule has 0 spiro atoms. The summed E-state index contributed by atoms with van der Waals surface area (Å²) < 4.78 is 27.1. The molecule has 0 aliphatic rings. The third-order valence-corrected chi connectivity index (χ3v) is 4.53. The summed E-state index contributed by atoms with van der Waals surface area (Å²) >= 11 is 0. The zero-order valence-corrected chi connectivity index (χ0v) is 12.9. The lowest BCUT2D eigenvalue weighted by molar-refractivity contribution is 0.566. The van der Waals surface area contributed by atoms with Gasteiger partial charge < -0.3 is 5.32 Å². The first-order chi connectivity index (χ1) is 10.00. The van der Waals surface area contributed by atoms with E-state index in [4.69, 9.17) is 0 Å². The Kier molecular flexibility index (Phi) is 5.11. The maximum Gasteiger partial charge on any atom is 0.216 e. The summed E-state index contributed by atoms with van der Waals surface area (Å²) in [6.45, 7) is 2.51. The Morgan fingerprint density at radius 3 is 2.76 bits per heavy atom. The molecule has 1 unspecified atom stereocenters. The average Bonchev–Trinajstić information content (AvgIpc) is 2.92. The number of nitrogens with zero attached hydrogens (tertiary/aromatic N) is 1. The Labute approximate surface area is 125 Å². The molecular formula is C14H20N4O2S. The second kappa shape index (κ2) is 6.84. The molecule has 3 N–H and O–H groups in total. The van der Waals surface area contributed by atoms with Crippen LogP contribution in [-0.2, 0) is 22.3 Å². The topological polar surface area (TPSA) is 86.9 Å². The molecule has 1 aromatic heterocycles. The van der Waals surface area contributed by atoms with Gasteiger partial charge in [-0.1, -0.05) is 24.3 Å². The van der Waals surface area contributed by atoms with Gasteiger partial charge in [-0.25, -0.2) is 13.1 Å². The van der Waals surface area contributed by atoms with Gasteiger partial charge >= 0.3 is 0 Å². The van der Waals surface area contributed by atoms with Crippen molar-refractivity contribution in [3.05, 3.63) is 53.3 Å². The van der Waals surface area contributed by atoms with Crippen LogP contribution >= 0.6 is 0 Å². The Hall–Kier alpha value is -1.70. The number of aromatic amines is 1. The number of sulfonamides is 1. The number of aromatic nitrogens is 2. The van der Waals surface area contributed by atoms with Crippen molar-refractivity contribution in [2.45, 2.75) is 25.3 Å². The fraction of sp³-hybridized carbons (Fsp3) is 0.357. The van der Waals surface area contributed by atoms with Crippen LogP contribution in [0.5, 0.6) is 0 Å². The van der Waals surface area contributed by atoms with Gasteiger partial charge in [0.1, 0.15) is 0 Å². The quantitative estimate of drug-likeness (QED) is 0.720. The molecule has 2 rings (SSSR count). The highest BCUT2D eigenvalue weighted by atomic mass is 32.2. The average molecular weight is 308 g/mol. The van der Waals surface area contributed by atoms with Gasteiger partial charge in [0.05, 0.1) is 11.9 Å². The lowest BCUT2D eigenvalue weighted by atomic mass is 10.1. The van der Waals surface area contributed by atoms with Crippen LogP contribution in [-0.4, -0.2) is 25.7 Å². The van der Waals surface area contributed by atoms with E-state index in [0.717, 1.165) is 16.7 Å². The van der Waals surface area contributed by atoms with Crippen molar-refractivity contribution in [2.24, 2.45) is 0 Å². The molecule has 0 amide bonds. The summed E-state index contributed by atoms with van der Waals surface area (Å²) in [7, 11) is -1.54. The van der Waals surface area contributed by atoms with Crippen LogP contribution in [0.2, 0.25) is 0 Å². The first-order valence-corrected chi connectivity index (χ1v) is 8.36. The zero-order chi connectivity index (χ0) is 15.3. The minimum atomic E-state index is -3.40. The SMILES string of the molecule is CNCc1cccc(CS(=O)(=O)NC(C)c2cn[nH]c2)c1. The summed E-state index contributed by atoms with van der Waals surface area (Å²) in [5, 5.41) is 9.55. The van der Waals surface area contributed by atoms with Crippen LogP contribution < -0.4 is 10.0 Å². The molecule has 0 bridgehead atoms. The molecule has 0 saturated carbocycles. The lowest BCUT2D eigenvalue weighted by Gasteiger charge is -2.13. The molecule has 1 atom stereocenters. The molecule has 1 heterocycles. The van der Waals surface area contributed by atoms with Crippen molar-refractivity contribution < 1.29 is 8.42 Å². The molecule has 114 valence electrons. The second-order valence-electron chi connectivity index (χ2n) is 4.98. The molecule has 6 nitrogen and oxygen atoms in total. The maximum absolute atomic E-state index is 12.2. The number of hydrogen-bond acceptors (Lipinski definition) is 4. The Balaban J connectivity index is 2.05. The van der Waals surface area contributed by atoms with Crippen LogP contribution in [0.15, 0.2) is 36.7 Å². The van der Waals surface area contributed by atoms with Crippen LogP contribution in [0.3, 0.4) is 0 Å². The van der Waals surface area contributed by atoms with Crippen LogP contribution in [0.25, 0.3) is 0 Å². The van der Waals surface area contributed by atoms with Gasteiger partial charge in [0, 0.05) is 24.3 Å². The summed E-state index contributed by atoms with van der Waals surface area (Å²) in [4.78, 5) is 0. The van der Waals surface area contributed by atoms with E-state index in [1.807, 2.05) is 31.3 Å².